The Bertz CT molecular complexity index is 221. The molecular weight excluding hydrogens is 132 g/mol. The lowest BCUT2D eigenvalue weighted by atomic mass is 10.0. The maximum Gasteiger partial charge on any atom is 0.00181 e. The minimum Gasteiger partial charge on any atom is -0.0910 e. The van der Waals surface area contributed by atoms with Crippen LogP contribution in [0.1, 0.15) is 18.4 Å². The smallest absolute Gasteiger partial charge is 0.00181 e. The van der Waals surface area contributed by atoms with Crippen molar-refractivity contribution in [1.82, 2.24) is 0 Å². The third kappa shape index (κ3) is 2.23. The van der Waals surface area contributed by atoms with Crippen LogP contribution in [0, 0.1) is 6.92 Å². The number of rotatable bonds is 2. The van der Waals surface area contributed by atoms with Crippen LogP contribution in [-0.4, -0.2) is 0 Å². The van der Waals surface area contributed by atoms with Crippen molar-refractivity contribution in [3.8, 4) is 0 Å². The summed E-state index contributed by atoms with van der Waals surface area (Å²) in [7, 11) is 0. The van der Waals surface area contributed by atoms with E-state index < -0.39 is 0 Å². The summed E-state index contributed by atoms with van der Waals surface area (Å²) in [6, 6.07) is 10.3. The van der Waals surface area contributed by atoms with E-state index in [2.05, 4.69) is 25.1 Å². The van der Waals surface area contributed by atoms with Crippen molar-refractivity contribution < 1.29 is 0 Å². The first-order valence-corrected chi connectivity index (χ1v) is 3.85. The second kappa shape index (κ2) is 3.97. The number of hydrogen-bond acceptors (Lipinski definition) is 0. The highest BCUT2D eigenvalue weighted by Gasteiger charge is 1.97. The highest BCUT2D eigenvalue weighted by Crippen LogP contribution is 2.14. The molecule has 0 saturated carbocycles. The quantitative estimate of drug-likeness (QED) is 0.561. The predicted octanol–water partition coefficient (Wildman–Crippen LogP) is 3.18. The first-order valence-electron chi connectivity index (χ1n) is 3.85. The zero-order valence-corrected chi connectivity index (χ0v) is 6.83. The van der Waals surface area contributed by atoms with E-state index >= 15 is 0 Å². The molecule has 0 saturated heterocycles. The fourth-order valence-electron chi connectivity index (χ4n) is 1.04. The normalized spacial score (nSPS) is 13.6. The summed E-state index contributed by atoms with van der Waals surface area (Å²) in [5.74, 6) is 0.293. The molecule has 1 unspecified atom stereocenters. The minimum absolute atomic E-state index is 0.293. The van der Waals surface area contributed by atoms with Gasteiger partial charge in [0.25, 0.3) is 0 Å². The van der Waals surface area contributed by atoms with Gasteiger partial charge in [-0.3, -0.25) is 0 Å². The van der Waals surface area contributed by atoms with Crippen LogP contribution >= 0.6 is 0 Å². The van der Waals surface area contributed by atoms with Gasteiger partial charge in [0.15, 0.2) is 0 Å². The first-order chi connectivity index (χ1) is 5.34. The van der Waals surface area contributed by atoms with E-state index in [1.165, 1.54) is 5.56 Å². The van der Waals surface area contributed by atoms with E-state index in [-0.39, 0.29) is 0 Å². The van der Waals surface area contributed by atoms with Crippen molar-refractivity contribution in [2.24, 2.45) is 0 Å². The van der Waals surface area contributed by atoms with Gasteiger partial charge in [-0.15, -0.1) is 0 Å². The van der Waals surface area contributed by atoms with Crippen molar-refractivity contribution in [1.29, 1.82) is 0 Å². The van der Waals surface area contributed by atoms with Gasteiger partial charge in [-0.05, 0) is 19.4 Å². The van der Waals surface area contributed by atoms with E-state index in [4.69, 9.17) is 0 Å². The molecule has 0 heteroatoms. The number of hydrogen-bond donors (Lipinski definition) is 0. The maximum atomic E-state index is 4.01. The standard InChI is InChI=1S/C11H13/c1-3-7-10(2)11-8-5-4-6-9-11/h3-10H,2H2,1H3. The Morgan fingerprint density at radius 1 is 1.27 bits per heavy atom. The summed E-state index contributed by atoms with van der Waals surface area (Å²) in [5, 5.41) is 0. The fourth-order valence-corrected chi connectivity index (χ4v) is 1.04. The van der Waals surface area contributed by atoms with Crippen LogP contribution in [-0.2, 0) is 0 Å². The average molecular weight is 145 g/mol. The van der Waals surface area contributed by atoms with Crippen LogP contribution in [0.15, 0.2) is 42.5 Å². The molecule has 0 aliphatic carbocycles. The lowest BCUT2D eigenvalue weighted by molar-refractivity contribution is 1.08. The molecule has 0 N–H and O–H groups in total. The molecule has 0 aliphatic rings. The summed E-state index contributed by atoms with van der Waals surface area (Å²) >= 11 is 0. The monoisotopic (exact) mass is 145 g/mol. The van der Waals surface area contributed by atoms with Crippen LogP contribution in [0.2, 0.25) is 0 Å². The summed E-state index contributed by atoms with van der Waals surface area (Å²) in [4.78, 5) is 0. The Morgan fingerprint density at radius 2 is 1.91 bits per heavy atom. The highest BCUT2D eigenvalue weighted by molar-refractivity contribution is 5.24. The molecule has 0 amide bonds. The molecular formula is C11H13. The van der Waals surface area contributed by atoms with Crippen LogP contribution < -0.4 is 0 Å². The second-order valence-corrected chi connectivity index (χ2v) is 2.54. The zero-order chi connectivity index (χ0) is 8.10. The molecule has 0 nitrogen and oxygen atoms in total. The molecule has 0 spiro atoms. The molecule has 1 atom stereocenters. The summed E-state index contributed by atoms with van der Waals surface area (Å²) in [5.41, 5.74) is 1.27. The van der Waals surface area contributed by atoms with Gasteiger partial charge in [-0.25, -0.2) is 0 Å². The molecule has 0 bridgehead atoms. The van der Waals surface area contributed by atoms with E-state index in [0.29, 0.717) is 5.92 Å². The topological polar surface area (TPSA) is 0 Å². The Kier molecular flexibility index (Phi) is 2.91. The van der Waals surface area contributed by atoms with E-state index in [0.717, 1.165) is 0 Å². The van der Waals surface area contributed by atoms with Gasteiger partial charge in [0.2, 0.25) is 0 Å². The summed E-state index contributed by atoms with van der Waals surface area (Å²) < 4.78 is 0. The van der Waals surface area contributed by atoms with Crippen molar-refractivity contribution in [2.75, 3.05) is 0 Å². The zero-order valence-electron chi connectivity index (χ0n) is 6.83. The molecule has 1 radical (unpaired) electrons. The van der Waals surface area contributed by atoms with Gasteiger partial charge in [-0.2, -0.15) is 0 Å². The molecule has 0 aliphatic heterocycles. The number of allylic oxidation sites excluding steroid dienone is 2. The van der Waals surface area contributed by atoms with Gasteiger partial charge in [-0.1, -0.05) is 42.5 Å². The molecule has 57 valence electrons. The third-order valence-electron chi connectivity index (χ3n) is 1.65. The van der Waals surface area contributed by atoms with Crippen molar-refractivity contribution in [3.05, 3.63) is 55.0 Å². The van der Waals surface area contributed by atoms with Crippen molar-refractivity contribution >= 4 is 0 Å². The SMILES string of the molecule is [CH2]C(C=CC)c1ccccc1. The largest absolute Gasteiger partial charge is 0.0910 e. The molecule has 1 rings (SSSR count). The van der Waals surface area contributed by atoms with Gasteiger partial charge in [0.1, 0.15) is 0 Å². The first kappa shape index (κ1) is 8.06. The fraction of sp³-hybridized carbons (Fsp3) is 0.182. The van der Waals surface area contributed by atoms with E-state index in [1.807, 2.05) is 31.2 Å². The Labute approximate surface area is 68.6 Å². The predicted molar refractivity (Wildman–Crippen MR) is 49.4 cm³/mol. The van der Waals surface area contributed by atoms with Crippen LogP contribution in [0.4, 0.5) is 0 Å². The molecule has 0 fully saturated rings. The molecule has 1 aromatic carbocycles. The molecule has 1 aromatic rings. The molecule has 0 aromatic heterocycles. The van der Waals surface area contributed by atoms with Gasteiger partial charge >= 0.3 is 0 Å². The van der Waals surface area contributed by atoms with Gasteiger partial charge in [0.05, 0.1) is 0 Å². The van der Waals surface area contributed by atoms with E-state index in [1.54, 1.807) is 0 Å². The van der Waals surface area contributed by atoms with Crippen LogP contribution in [0.25, 0.3) is 0 Å². The number of benzene rings is 1. The highest BCUT2D eigenvalue weighted by atomic mass is 14.0. The van der Waals surface area contributed by atoms with Crippen LogP contribution in [0.5, 0.6) is 0 Å². The lowest BCUT2D eigenvalue weighted by Gasteiger charge is -2.04. The summed E-state index contributed by atoms with van der Waals surface area (Å²) in [6.45, 7) is 6.03. The minimum atomic E-state index is 0.293. The van der Waals surface area contributed by atoms with Gasteiger partial charge in [0, 0.05) is 5.92 Å². The Morgan fingerprint density at radius 3 is 2.45 bits per heavy atom. The second-order valence-electron chi connectivity index (χ2n) is 2.54. The summed E-state index contributed by atoms with van der Waals surface area (Å²) in [6.07, 6.45) is 4.12. The van der Waals surface area contributed by atoms with Crippen molar-refractivity contribution in [2.45, 2.75) is 12.8 Å². The Balaban J connectivity index is 2.76. The van der Waals surface area contributed by atoms with Crippen molar-refractivity contribution in [3.63, 3.8) is 0 Å². The van der Waals surface area contributed by atoms with Crippen LogP contribution in [0.3, 0.4) is 0 Å². The Hall–Kier alpha value is -1.04. The lowest BCUT2D eigenvalue weighted by Crippen LogP contribution is -1.87. The molecule has 11 heavy (non-hydrogen) atoms. The van der Waals surface area contributed by atoms with E-state index in [9.17, 15) is 0 Å². The van der Waals surface area contributed by atoms with Gasteiger partial charge < -0.3 is 0 Å². The average Bonchev–Trinajstić information content (AvgIpc) is 2.07. The maximum absolute atomic E-state index is 4.01. The molecule has 0 heterocycles. The third-order valence-corrected chi connectivity index (χ3v) is 1.65.